The number of aliphatic hydroxyl groups is 2. The SMILES string of the molecule is CCC(CO)(CO)Nc1ccc(C)nn1. The number of nitrogens with one attached hydrogen (secondary N) is 1. The summed E-state index contributed by atoms with van der Waals surface area (Å²) in [6.45, 7) is 3.45. The first-order valence-corrected chi connectivity index (χ1v) is 4.96. The molecule has 0 amide bonds. The minimum Gasteiger partial charge on any atom is -0.394 e. The van der Waals surface area contributed by atoms with Crippen molar-refractivity contribution >= 4 is 5.82 Å². The van der Waals surface area contributed by atoms with Gasteiger partial charge >= 0.3 is 0 Å². The predicted octanol–water partition coefficient (Wildman–Crippen LogP) is 0.330. The first kappa shape index (κ1) is 11.9. The molecule has 0 aliphatic heterocycles. The predicted molar refractivity (Wildman–Crippen MR) is 57.6 cm³/mol. The fourth-order valence-corrected chi connectivity index (χ4v) is 1.18. The summed E-state index contributed by atoms with van der Waals surface area (Å²) in [6.07, 6.45) is 0.607. The van der Waals surface area contributed by atoms with Gasteiger partial charge in [-0.2, -0.15) is 5.10 Å². The van der Waals surface area contributed by atoms with Crippen LogP contribution in [0.25, 0.3) is 0 Å². The highest BCUT2D eigenvalue weighted by atomic mass is 16.3. The molecule has 5 nitrogen and oxygen atoms in total. The smallest absolute Gasteiger partial charge is 0.149 e. The van der Waals surface area contributed by atoms with Crippen molar-refractivity contribution < 1.29 is 10.2 Å². The number of anilines is 1. The van der Waals surface area contributed by atoms with Crippen molar-refractivity contribution in [1.29, 1.82) is 0 Å². The second-order valence-electron chi connectivity index (χ2n) is 3.64. The van der Waals surface area contributed by atoms with Crippen LogP contribution in [0, 0.1) is 6.92 Å². The number of aryl methyl sites for hydroxylation is 1. The third-order valence-corrected chi connectivity index (χ3v) is 2.47. The standard InChI is InChI=1S/C10H17N3O2/c1-3-10(6-14,7-15)11-9-5-4-8(2)12-13-9/h4-5,14-15H,3,6-7H2,1-2H3,(H,11,13). The highest BCUT2D eigenvalue weighted by Gasteiger charge is 2.26. The Morgan fingerprint density at radius 2 is 1.93 bits per heavy atom. The molecule has 0 spiro atoms. The van der Waals surface area contributed by atoms with E-state index in [4.69, 9.17) is 0 Å². The van der Waals surface area contributed by atoms with Crippen molar-refractivity contribution in [3.05, 3.63) is 17.8 Å². The first-order chi connectivity index (χ1) is 7.15. The Labute approximate surface area is 89.2 Å². The molecule has 1 rings (SSSR count). The van der Waals surface area contributed by atoms with Crippen molar-refractivity contribution in [3.63, 3.8) is 0 Å². The van der Waals surface area contributed by atoms with Gasteiger partial charge in [-0.15, -0.1) is 5.10 Å². The lowest BCUT2D eigenvalue weighted by Crippen LogP contribution is -2.45. The summed E-state index contributed by atoms with van der Waals surface area (Å²) in [5.41, 5.74) is 0.111. The average molecular weight is 211 g/mol. The van der Waals surface area contributed by atoms with Crippen molar-refractivity contribution in [2.24, 2.45) is 0 Å². The van der Waals surface area contributed by atoms with Crippen LogP contribution >= 0.6 is 0 Å². The van der Waals surface area contributed by atoms with Gasteiger partial charge in [-0.1, -0.05) is 6.92 Å². The van der Waals surface area contributed by atoms with Gasteiger partial charge in [0.15, 0.2) is 0 Å². The van der Waals surface area contributed by atoms with Crippen LogP contribution < -0.4 is 5.32 Å². The molecule has 3 N–H and O–H groups in total. The zero-order valence-electron chi connectivity index (χ0n) is 9.06. The van der Waals surface area contributed by atoms with Crippen molar-refractivity contribution in [2.75, 3.05) is 18.5 Å². The highest BCUT2D eigenvalue weighted by Crippen LogP contribution is 2.15. The van der Waals surface area contributed by atoms with Gasteiger partial charge in [-0.3, -0.25) is 0 Å². The molecule has 0 saturated heterocycles. The van der Waals surface area contributed by atoms with Crippen LogP contribution in [0.15, 0.2) is 12.1 Å². The van der Waals surface area contributed by atoms with Crippen LogP contribution in [-0.2, 0) is 0 Å². The highest BCUT2D eigenvalue weighted by molar-refractivity contribution is 5.36. The molecular weight excluding hydrogens is 194 g/mol. The van der Waals surface area contributed by atoms with Crippen LogP contribution in [0.4, 0.5) is 5.82 Å². The molecule has 0 bridgehead atoms. The molecule has 0 fully saturated rings. The summed E-state index contributed by atoms with van der Waals surface area (Å²) in [4.78, 5) is 0. The zero-order valence-corrected chi connectivity index (χ0v) is 9.06. The Morgan fingerprint density at radius 3 is 2.33 bits per heavy atom. The van der Waals surface area contributed by atoms with Gasteiger partial charge in [0.05, 0.1) is 24.4 Å². The Hall–Kier alpha value is -1.20. The number of aromatic nitrogens is 2. The normalized spacial score (nSPS) is 11.5. The Kier molecular flexibility index (Phi) is 3.99. The molecule has 1 heterocycles. The van der Waals surface area contributed by atoms with Gasteiger partial charge in [-0.05, 0) is 25.5 Å². The molecule has 15 heavy (non-hydrogen) atoms. The molecule has 1 aromatic heterocycles. The Balaban J connectivity index is 2.78. The third kappa shape index (κ3) is 2.87. The van der Waals surface area contributed by atoms with Crippen LogP contribution in [-0.4, -0.2) is 39.2 Å². The molecule has 0 aliphatic rings. The van der Waals surface area contributed by atoms with Crippen molar-refractivity contribution in [1.82, 2.24) is 10.2 Å². The molecule has 84 valence electrons. The summed E-state index contributed by atoms with van der Waals surface area (Å²) < 4.78 is 0. The minimum atomic E-state index is -0.718. The van der Waals surface area contributed by atoms with Crippen LogP contribution in [0.2, 0.25) is 0 Å². The minimum absolute atomic E-state index is 0.143. The number of aliphatic hydroxyl groups excluding tert-OH is 2. The molecule has 1 aromatic rings. The van der Waals surface area contributed by atoms with E-state index in [0.29, 0.717) is 12.2 Å². The lowest BCUT2D eigenvalue weighted by atomic mass is 9.98. The van der Waals surface area contributed by atoms with E-state index in [2.05, 4.69) is 15.5 Å². The van der Waals surface area contributed by atoms with E-state index in [1.807, 2.05) is 19.9 Å². The maximum Gasteiger partial charge on any atom is 0.149 e. The van der Waals surface area contributed by atoms with E-state index < -0.39 is 5.54 Å². The monoisotopic (exact) mass is 211 g/mol. The van der Waals surface area contributed by atoms with E-state index >= 15 is 0 Å². The van der Waals surface area contributed by atoms with Gasteiger partial charge in [0.2, 0.25) is 0 Å². The second kappa shape index (κ2) is 5.04. The van der Waals surface area contributed by atoms with Gasteiger partial charge in [0, 0.05) is 0 Å². The fourth-order valence-electron chi connectivity index (χ4n) is 1.18. The van der Waals surface area contributed by atoms with Crippen LogP contribution in [0.3, 0.4) is 0 Å². The second-order valence-corrected chi connectivity index (χ2v) is 3.64. The fraction of sp³-hybridized carbons (Fsp3) is 0.600. The molecule has 0 saturated carbocycles. The topological polar surface area (TPSA) is 78.3 Å². The molecule has 0 aliphatic carbocycles. The van der Waals surface area contributed by atoms with E-state index in [9.17, 15) is 10.2 Å². The molecule has 5 heteroatoms. The summed E-state index contributed by atoms with van der Waals surface area (Å²) >= 11 is 0. The quantitative estimate of drug-likeness (QED) is 0.654. The largest absolute Gasteiger partial charge is 0.394 e. The molecule has 0 aromatic carbocycles. The Morgan fingerprint density at radius 1 is 1.27 bits per heavy atom. The third-order valence-electron chi connectivity index (χ3n) is 2.47. The number of hydrogen-bond donors (Lipinski definition) is 3. The van der Waals surface area contributed by atoms with Gasteiger partial charge in [-0.25, -0.2) is 0 Å². The van der Waals surface area contributed by atoms with E-state index in [0.717, 1.165) is 5.69 Å². The maximum atomic E-state index is 9.22. The lowest BCUT2D eigenvalue weighted by Gasteiger charge is -2.29. The van der Waals surface area contributed by atoms with Crippen LogP contribution in [0.1, 0.15) is 19.0 Å². The average Bonchev–Trinajstić information content (AvgIpc) is 2.29. The van der Waals surface area contributed by atoms with E-state index in [1.54, 1.807) is 6.07 Å². The van der Waals surface area contributed by atoms with E-state index in [-0.39, 0.29) is 13.2 Å². The van der Waals surface area contributed by atoms with Crippen LogP contribution in [0.5, 0.6) is 0 Å². The van der Waals surface area contributed by atoms with Crippen molar-refractivity contribution in [3.8, 4) is 0 Å². The molecular formula is C10H17N3O2. The molecule has 0 atom stereocenters. The van der Waals surface area contributed by atoms with E-state index in [1.165, 1.54) is 0 Å². The van der Waals surface area contributed by atoms with Gasteiger partial charge in [0.1, 0.15) is 5.82 Å². The number of nitrogens with zero attached hydrogens (tertiary/aromatic N) is 2. The summed E-state index contributed by atoms with van der Waals surface area (Å²) in [6, 6.07) is 3.60. The van der Waals surface area contributed by atoms with Gasteiger partial charge in [0.25, 0.3) is 0 Å². The summed E-state index contributed by atoms with van der Waals surface area (Å²) in [7, 11) is 0. The molecule has 0 radical (unpaired) electrons. The lowest BCUT2D eigenvalue weighted by molar-refractivity contribution is 0.132. The van der Waals surface area contributed by atoms with Gasteiger partial charge < -0.3 is 15.5 Å². The summed E-state index contributed by atoms with van der Waals surface area (Å²) in [5, 5.41) is 29.3. The maximum absolute atomic E-state index is 9.22. The zero-order chi connectivity index (χ0) is 11.3. The van der Waals surface area contributed by atoms with Crippen molar-refractivity contribution in [2.45, 2.75) is 25.8 Å². The number of rotatable bonds is 5. The number of hydrogen-bond acceptors (Lipinski definition) is 5. The molecule has 0 unspecified atom stereocenters. The summed E-state index contributed by atoms with van der Waals surface area (Å²) in [5.74, 6) is 0.561. The first-order valence-electron chi connectivity index (χ1n) is 4.96. The Bertz CT molecular complexity index is 288.